The second kappa shape index (κ2) is 5.72. The zero-order valence-electron chi connectivity index (χ0n) is 9.71. The summed E-state index contributed by atoms with van der Waals surface area (Å²) >= 11 is 7.17. The number of thiophene rings is 1. The quantitative estimate of drug-likeness (QED) is 0.670. The summed E-state index contributed by atoms with van der Waals surface area (Å²) in [5.74, 6) is 0.387. The van der Waals surface area contributed by atoms with Gasteiger partial charge in [-0.15, -0.1) is 11.3 Å². The van der Waals surface area contributed by atoms with Crippen LogP contribution in [0.15, 0.2) is 6.07 Å². The maximum Gasteiger partial charge on any atom is 0.441 e. The standard InChI is InChI=1S/C10H9ClF3N3S2/c1-5-4-6-7(15-2-3-18-10(12,13)14)16-9(11)17-8(6)19-5/h4H,2-3H2,1H3,(H,15,16,17). The van der Waals surface area contributed by atoms with Gasteiger partial charge >= 0.3 is 5.51 Å². The summed E-state index contributed by atoms with van der Waals surface area (Å²) in [7, 11) is 0. The molecule has 0 saturated heterocycles. The van der Waals surface area contributed by atoms with Crippen LogP contribution in [0, 0.1) is 6.92 Å². The number of hydrogen-bond acceptors (Lipinski definition) is 5. The van der Waals surface area contributed by atoms with E-state index in [1.165, 1.54) is 11.3 Å². The van der Waals surface area contributed by atoms with E-state index in [2.05, 4.69) is 15.3 Å². The molecule has 0 aliphatic rings. The minimum Gasteiger partial charge on any atom is -0.369 e. The van der Waals surface area contributed by atoms with Crippen molar-refractivity contribution in [3.05, 3.63) is 16.2 Å². The summed E-state index contributed by atoms with van der Waals surface area (Å²) in [6, 6.07) is 1.88. The van der Waals surface area contributed by atoms with Gasteiger partial charge in [-0.2, -0.15) is 13.2 Å². The third kappa shape index (κ3) is 4.12. The summed E-state index contributed by atoms with van der Waals surface area (Å²) in [6.45, 7) is 2.07. The van der Waals surface area contributed by atoms with Gasteiger partial charge in [0.2, 0.25) is 5.28 Å². The number of aryl methyl sites for hydroxylation is 1. The number of fused-ring (bicyclic) bond motifs is 1. The number of nitrogens with zero attached hydrogens (tertiary/aromatic N) is 2. The number of nitrogens with one attached hydrogen (secondary N) is 1. The molecule has 2 aromatic rings. The van der Waals surface area contributed by atoms with E-state index in [-0.39, 0.29) is 29.3 Å². The summed E-state index contributed by atoms with van der Waals surface area (Å²) < 4.78 is 36.0. The minimum absolute atomic E-state index is 0.0687. The van der Waals surface area contributed by atoms with Gasteiger partial charge in [-0.3, -0.25) is 0 Å². The molecule has 0 aliphatic carbocycles. The van der Waals surface area contributed by atoms with E-state index >= 15 is 0 Å². The average Bonchev–Trinajstić information content (AvgIpc) is 2.63. The van der Waals surface area contributed by atoms with Gasteiger partial charge in [0.1, 0.15) is 10.6 Å². The van der Waals surface area contributed by atoms with Crippen molar-refractivity contribution in [3.63, 3.8) is 0 Å². The highest BCUT2D eigenvalue weighted by atomic mass is 35.5. The van der Waals surface area contributed by atoms with Gasteiger partial charge in [0.05, 0.1) is 5.39 Å². The molecule has 3 nitrogen and oxygen atoms in total. The number of thioether (sulfide) groups is 1. The molecule has 0 bridgehead atoms. The van der Waals surface area contributed by atoms with Gasteiger partial charge in [-0.25, -0.2) is 9.97 Å². The Morgan fingerprint density at radius 1 is 1.42 bits per heavy atom. The molecular weight excluding hydrogens is 319 g/mol. The predicted molar refractivity (Wildman–Crippen MR) is 74.2 cm³/mol. The number of halogens is 4. The van der Waals surface area contributed by atoms with E-state index in [0.29, 0.717) is 5.82 Å². The van der Waals surface area contributed by atoms with Gasteiger partial charge in [-0.1, -0.05) is 0 Å². The fourth-order valence-electron chi connectivity index (χ4n) is 1.49. The van der Waals surface area contributed by atoms with Crippen molar-refractivity contribution in [1.29, 1.82) is 0 Å². The average molecular weight is 328 g/mol. The number of rotatable bonds is 4. The SMILES string of the molecule is Cc1cc2c(NCCSC(F)(F)F)nc(Cl)nc2s1. The van der Waals surface area contributed by atoms with Gasteiger partial charge in [-0.05, 0) is 36.4 Å². The normalized spacial score (nSPS) is 12.1. The van der Waals surface area contributed by atoms with E-state index in [9.17, 15) is 13.2 Å². The smallest absolute Gasteiger partial charge is 0.369 e. The first kappa shape index (κ1) is 14.7. The molecule has 0 fully saturated rings. The molecule has 0 unspecified atom stereocenters. The zero-order valence-corrected chi connectivity index (χ0v) is 12.1. The summed E-state index contributed by atoms with van der Waals surface area (Å²) in [5, 5.41) is 3.73. The van der Waals surface area contributed by atoms with E-state index in [1.54, 1.807) is 0 Å². The number of aromatic nitrogens is 2. The van der Waals surface area contributed by atoms with Crippen LogP contribution in [0.4, 0.5) is 19.0 Å². The molecule has 0 atom stereocenters. The second-order valence-corrected chi connectivity index (χ2v) is 6.37. The molecule has 0 aliphatic heterocycles. The molecule has 2 heterocycles. The number of hydrogen-bond donors (Lipinski definition) is 1. The molecule has 0 saturated carbocycles. The fourth-order valence-corrected chi connectivity index (χ4v) is 3.02. The highest BCUT2D eigenvalue weighted by Crippen LogP contribution is 2.31. The maximum atomic E-state index is 12.0. The lowest BCUT2D eigenvalue weighted by atomic mass is 10.3. The van der Waals surface area contributed by atoms with Crippen LogP contribution in [0.1, 0.15) is 4.88 Å². The van der Waals surface area contributed by atoms with E-state index < -0.39 is 5.51 Å². The Balaban J connectivity index is 2.07. The van der Waals surface area contributed by atoms with Crippen molar-refractivity contribution >= 4 is 50.7 Å². The van der Waals surface area contributed by atoms with Crippen molar-refractivity contribution in [2.24, 2.45) is 0 Å². The van der Waals surface area contributed by atoms with Crippen molar-refractivity contribution in [2.75, 3.05) is 17.6 Å². The third-order valence-electron chi connectivity index (χ3n) is 2.15. The lowest BCUT2D eigenvalue weighted by Gasteiger charge is -2.08. The Hall–Kier alpha value is -0.730. The summed E-state index contributed by atoms with van der Waals surface area (Å²) in [6.07, 6.45) is 0. The molecule has 0 radical (unpaired) electrons. The summed E-state index contributed by atoms with van der Waals surface area (Å²) in [4.78, 5) is 9.85. The second-order valence-electron chi connectivity index (χ2n) is 3.64. The predicted octanol–water partition coefficient (Wildman–Crippen LogP) is 4.32. The highest BCUT2D eigenvalue weighted by molar-refractivity contribution is 8.00. The van der Waals surface area contributed by atoms with Crippen LogP contribution in [-0.2, 0) is 0 Å². The molecular formula is C10H9ClF3N3S2. The molecule has 19 heavy (non-hydrogen) atoms. The lowest BCUT2D eigenvalue weighted by Crippen LogP contribution is -2.10. The van der Waals surface area contributed by atoms with Crippen LogP contribution >= 0.6 is 34.7 Å². The molecule has 0 amide bonds. The fraction of sp³-hybridized carbons (Fsp3) is 0.400. The highest BCUT2D eigenvalue weighted by Gasteiger charge is 2.27. The minimum atomic E-state index is -4.21. The Morgan fingerprint density at radius 3 is 2.84 bits per heavy atom. The Bertz CT molecular complexity index is 585. The van der Waals surface area contributed by atoms with E-state index in [0.717, 1.165) is 15.1 Å². The first-order valence-corrected chi connectivity index (χ1v) is 7.41. The van der Waals surface area contributed by atoms with Crippen molar-refractivity contribution < 1.29 is 13.2 Å². The van der Waals surface area contributed by atoms with Gasteiger partial charge in [0, 0.05) is 17.2 Å². The molecule has 104 valence electrons. The van der Waals surface area contributed by atoms with E-state index in [1.807, 2.05) is 13.0 Å². The maximum absolute atomic E-state index is 12.0. The number of anilines is 1. The van der Waals surface area contributed by atoms with Gasteiger partial charge < -0.3 is 5.32 Å². The zero-order chi connectivity index (χ0) is 14.0. The first-order chi connectivity index (χ1) is 8.85. The van der Waals surface area contributed by atoms with Crippen molar-refractivity contribution in [1.82, 2.24) is 9.97 Å². The Labute approximate surface area is 120 Å². The van der Waals surface area contributed by atoms with Crippen LogP contribution in [0.3, 0.4) is 0 Å². The largest absolute Gasteiger partial charge is 0.441 e. The monoisotopic (exact) mass is 327 g/mol. The Morgan fingerprint density at radius 2 is 2.16 bits per heavy atom. The van der Waals surface area contributed by atoms with Crippen LogP contribution in [0.5, 0.6) is 0 Å². The van der Waals surface area contributed by atoms with Crippen molar-refractivity contribution in [3.8, 4) is 0 Å². The van der Waals surface area contributed by atoms with Crippen LogP contribution in [0.2, 0.25) is 5.28 Å². The topological polar surface area (TPSA) is 37.8 Å². The molecule has 9 heteroatoms. The first-order valence-electron chi connectivity index (χ1n) is 5.23. The summed E-state index contributed by atoms with van der Waals surface area (Å²) in [5.41, 5.74) is -4.21. The lowest BCUT2D eigenvalue weighted by molar-refractivity contribution is -0.0327. The van der Waals surface area contributed by atoms with E-state index in [4.69, 9.17) is 11.6 Å². The Kier molecular flexibility index (Phi) is 4.42. The molecule has 2 rings (SSSR count). The van der Waals surface area contributed by atoms with Crippen LogP contribution in [-0.4, -0.2) is 27.8 Å². The molecule has 1 N–H and O–H groups in total. The molecule has 0 spiro atoms. The van der Waals surface area contributed by atoms with Gasteiger partial charge in [0.15, 0.2) is 0 Å². The van der Waals surface area contributed by atoms with Gasteiger partial charge in [0.25, 0.3) is 0 Å². The third-order valence-corrected chi connectivity index (χ3v) is 4.00. The molecule has 2 aromatic heterocycles. The number of alkyl halides is 3. The van der Waals surface area contributed by atoms with Crippen LogP contribution < -0.4 is 5.32 Å². The van der Waals surface area contributed by atoms with Crippen molar-refractivity contribution in [2.45, 2.75) is 12.4 Å². The van der Waals surface area contributed by atoms with Crippen LogP contribution in [0.25, 0.3) is 10.2 Å². The molecule has 0 aromatic carbocycles.